The van der Waals surface area contributed by atoms with Gasteiger partial charge in [0.05, 0.1) is 11.1 Å². The monoisotopic (exact) mass is 374 g/mol. The van der Waals surface area contributed by atoms with Crippen molar-refractivity contribution in [1.29, 1.82) is 0 Å². The Morgan fingerprint density at radius 2 is 2.24 bits per heavy atom. The van der Waals surface area contributed by atoms with E-state index in [2.05, 4.69) is 9.97 Å². The predicted octanol–water partition coefficient (Wildman–Crippen LogP) is 3.90. The van der Waals surface area contributed by atoms with Crippen LogP contribution < -0.4 is 5.56 Å². The summed E-state index contributed by atoms with van der Waals surface area (Å²) in [4.78, 5) is 34.0. The van der Waals surface area contributed by atoms with E-state index in [1.165, 1.54) is 28.8 Å². The number of carbonyl (C=O) groups is 1. The third-order valence-electron chi connectivity index (χ3n) is 4.37. The minimum absolute atomic E-state index is 0.121. The van der Waals surface area contributed by atoms with Crippen molar-refractivity contribution in [3.63, 3.8) is 0 Å². The number of hydrogen-bond donors (Lipinski definition) is 1. The van der Waals surface area contributed by atoms with Crippen LogP contribution in [0.15, 0.2) is 28.2 Å². The third-order valence-corrected chi connectivity index (χ3v) is 6.43. The van der Waals surface area contributed by atoms with Crippen LogP contribution in [0.2, 0.25) is 0 Å². The van der Waals surface area contributed by atoms with E-state index in [-0.39, 0.29) is 22.9 Å². The van der Waals surface area contributed by atoms with Gasteiger partial charge in [-0.1, -0.05) is 11.8 Å². The molecule has 4 nitrogen and oxygen atoms in total. The van der Waals surface area contributed by atoms with E-state index in [1.54, 1.807) is 24.3 Å². The number of fused-ring (bicyclic) bond motifs is 3. The van der Waals surface area contributed by atoms with Crippen molar-refractivity contribution < 1.29 is 9.18 Å². The summed E-state index contributed by atoms with van der Waals surface area (Å²) in [5.74, 6) is -0.305. The van der Waals surface area contributed by atoms with Crippen molar-refractivity contribution in [1.82, 2.24) is 9.97 Å². The number of thiophene rings is 1. The van der Waals surface area contributed by atoms with Gasteiger partial charge in [-0.05, 0) is 55.5 Å². The molecule has 0 radical (unpaired) electrons. The SMILES string of the molecule is Cc1cc(C(=O)CSc2nc3sc4c(c3c(=O)[nH]2)CCC4)ccc1F. The van der Waals surface area contributed by atoms with E-state index in [4.69, 9.17) is 0 Å². The van der Waals surface area contributed by atoms with Gasteiger partial charge in [0, 0.05) is 10.4 Å². The van der Waals surface area contributed by atoms with Gasteiger partial charge in [-0.25, -0.2) is 9.37 Å². The fourth-order valence-corrected chi connectivity index (χ4v) is 5.16. The highest BCUT2D eigenvalue weighted by Crippen LogP contribution is 2.35. The molecular formula is C18H15FN2O2S2. The summed E-state index contributed by atoms with van der Waals surface area (Å²) in [5.41, 5.74) is 1.92. The fraction of sp³-hybridized carbons (Fsp3) is 0.278. The Morgan fingerprint density at radius 3 is 3.04 bits per heavy atom. The predicted molar refractivity (Wildman–Crippen MR) is 98.5 cm³/mol. The van der Waals surface area contributed by atoms with Crippen LogP contribution in [-0.2, 0) is 12.8 Å². The molecule has 3 aromatic rings. The average molecular weight is 374 g/mol. The molecular weight excluding hydrogens is 359 g/mol. The van der Waals surface area contributed by atoms with Crippen LogP contribution in [0.25, 0.3) is 10.2 Å². The first-order valence-electron chi connectivity index (χ1n) is 7.99. The van der Waals surface area contributed by atoms with Crippen LogP contribution in [-0.4, -0.2) is 21.5 Å². The molecule has 0 aliphatic heterocycles. The molecule has 0 saturated carbocycles. The number of carbonyl (C=O) groups excluding carboxylic acids is 1. The number of H-pyrrole nitrogens is 1. The maximum absolute atomic E-state index is 13.3. The molecule has 0 bridgehead atoms. The number of Topliss-reactive ketones (excluding diaryl/α,β-unsaturated/α-hetero) is 1. The zero-order valence-electron chi connectivity index (χ0n) is 13.5. The lowest BCUT2D eigenvalue weighted by Crippen LogP contribution is -2.10. The quantitative estimate of drug-likeness (QED) is 0.427. The molecule has 1 aliphatic carbocycles. The molecule has 7 heteroatoms. The van der Waals surface area contributed by atoms with E-state index in [0.29, 0.717) is 21.7 Å². The minimum Gasteiger partial charge on any atom is -0.301 e. The van der Waals surface area contributed by atoms with Gasteiger partial charge >= 0.3 is 0 Å². The molecule has 25 heavy (non-hydrogen) atoms. The number of halogens is 1. The van der Waals surface area contributed by atoms with Gasteiger partial charge in [0.25, 0.3) is 5.56 Å². The maximum Gasteiger partial charge on any atom is 0.260 e. The molecule has 0 fully saturated rings. The molecule has 0 saturated heterocycles. The lowest BCUT2D eigenvalue weighted by Gasteiger charge is -2.03. The van der Waals surface area contributed by atoms with Gasteiger partial charge in [-0.15, -0.1) is 11.3 Å². The number of nitrogens with one attached hydrogen (secondary N) is 1. The zero-order valence-corrected chi connectivity index (χ0v) is 15.2. The lowest BCUT2D eigenvalue weighted by molar-refractivity contribution is 0.102. The second kappa shape index (κ2) is 6.38. The van der Waals surface area contributed by atoms with Gasteiger partial charge in [0.2, 0.25) is 0 Å². The first-order chi connectivity index (χ1) is 12.0. The fourth-order valence-electron chi connectivity index (χ4n) is 3.09. The summed E-state index contributed by atoms with van der Waals surface area (Å²) >= 11 is 2.78. The highest BCUT2D eigenvalue weighted by molar-refractivity contribution is 7.99. The Balaban J connectivity index is 1.56. The van der Waals surface area contributed by atoms with Gasteiger partial charge in [0.15, 0.2) is 10.9 Å². The van der Waals surface area contributed by atoms with Crippen molar-refractivity contribution in [3.8, 4) is 0 Å². The summed E-state index contributed by atoms with van der Waals surface area (Å²) in [6.07, 6.45) is 3.05. The molecule has 0 atom stereocenters. The van der Waals surface area contributed by atoms with Crippen LogP contribution in [0.5, 0.6) is 0 Å². The molecule has 2 aromatic heterocycles. The standard InChI is InChI=1S/C18H15FN2O2S2/c1-9-7-10(5-6-12(9)19)13(22)8-24-18-20-16(23)15-11-3-2-4-14(11)25-17(15)21-18/h5-7H,2-4,8H2,1H3,(H,20,21,23). The highest BCUT2D eigenvalue weighted by Gasteiger charge is 2.21. The Morgan fingerprint density at radius 1 is 1.40 bits per heavy atom. The Hall–Kier alpha value is -1.99. The topological polar surface area (TPSA) is 62.8 Å². The van der Waals surface area contributed by atoms with E-state index < -0.39 is 0 Å². The molecule has 2 heterocycles. The number of rotatable bonds is 4. The molecule has 1 aliphatic rings. The largest absolute Gasteiger partial charge is 0.301 e. The number of aromatic amines is 1. The first kappa shape index (κ1) is 16.5. The number of ketones is 1. The number of thioether (sulfide) groups is 1. The summed E-state index contributed by atoms with van der Waals surface area (Å²) in [7, 11) is 0. The molecule has 0 spiro atoms. The summed E-state index contributed by atoms with van der Waals surface area (Å²) in [6, 6.07) is 4.32. The van der Waals surface area contributed by atoms with Gasteiger partial charge in [-0.3, -0.25) is 9.59 Å². The Kier molecular flexibility index (Phi) is 4.21. The Bertz CT molecular complexity index is 1060. The van der Waals surface area contributed by atoms with Gasteiger partial charge in [-0.2, -0.15) is 0 Å². The van der Waals surface area contributed by atoms with Crippen molar-refractivity contribution in [2.45, 2.75) is 31.3 Å². The number of nitrogens with zero attached hydrogens (tertiary/aromatic N) is 1. The summed E-state index contributed by atoms with van der Waals surface area (Å²) < 4.78 is 13.3. The van der Waals surface area contributed by atoms with Crippen molar-refractivity contribution in [3.05, 3.63) is 55.9 Å². The number of benzene rings is 1. The smallest absolute Gasteiger partial charge is 0.260 e. The first-order valence-corrected chi connectivity index (χ1v) is 9.80. The number of hydrogen-bond acceptors (Lipinski definition) is 5. The normalized spacial score (nSPS) is 13.4. The van der Waals surface area contributed by atoms with Crippen LogP contribution >= 0.6 is 23.1 Å². The van der Waals surface area contributed by atoms with Crippen molar-refractivity contribution in [2.75, 3.05) is 5.75 Å². The van der Waals surface area contributed by atoms with Gasteiger partial charge < -0.3 is 4.98 Å². The molecule has 4 rings (SSSR count). The van der Waals surface area contributed by atoms with Crippen LogP contribution in [0.4, 0.5) is 4.39 Å². The van der Waals surface area contributed by atoms with Crippen LogP contribution in [0.1, 0.15) is 32.8 Å². The van der Waals surface area contributed by atoms with E-state index in [1.807, 2.05) is 0 Å². The second-order valence-corrected chi connectivity index (χ2v) is 8.13. The molecule has 0 amide bonds. The minimum atomic E-state index is -0.327. The Labute approximate surface area is 151 Å². The van der Waals surface area contributed by atoms with Crippen LogP contribution in [0, 0.1) is 12.7 Å². The van der Waals surface area contributed by atoms with Crippen LogP contribution in [0.3, 0.4) is 0 Å². The van der Waals surface area contributed by atoms with Gasteiger partial charge in [0.1, 0.15) is 10.6 Å². The van der Waals surface area contributed by atoms with Crippen molar-refractivity contribution >= 4 is 39.1 Å². The van der Waals surface area contributed by atoms with E-state index >= 15 is 0 Å². The lowest BCUT2D eigenvalue weighted by atomic mass is 10.1. The summed E-state index contributed by atoms with van der Waals surface area (Å²) in [6.45, 7) is 1.63. The van der Waals surface area contributed by atoms with Crippen molar-refractivity contribution in [2.24, 2.45) is 0 Å². The average Bonchev–Trinajstić information content (AvgIpc) is 3.15. The molecule has 1 N–H and O–H groups in total. The number of aryl methyl sites for hydroxylation is 3. The highest BCUT2D eigenvalue weighted by atomic mass is 32.2. The maximum atomic E-state index is 13.3. The molecule has 1 aromatic carbocycles. The van der Waals surface area contributed by atoms with E-state index in [9.17, 15) is 14.0 Å². The molecule has 128 valence electrons. The van der Waals surface area contributed by atoms with E-state index in [0.717, 1.165) is 29.7 Å². The second-order valence-electron chi connectivity index (χ2n) is 6.08. The molecule has 0 unspecified atom stereocenters. The third kappa shape index (κ3) is 3.02. The number of aromatic nitrogens is 2. The summed E-state index contributed by atoms with van der Waals surface area (Å²) in [5, 5.41) is 1.16. The zero-order chi connectivity index (χ0) is 17.6.